The highest BCUT2D eigenvalue weighted by Crippen LogP contribution is 2.12. The van der Waals surface area contributed by atoms with E-state index in [4.69, 9.17) is 5.26 Å². The van der Waals surface area contributed by atoms with Gasteiger partial charge in [0.15, 0.2) is 0 Å². The summed E-state index contributed by atoms with van der Waals surface area (Å²) < 4.78 is 0. The highest BCUT2D eigenvalue weighted by Gasteiger charge is 1.94. The number of nitriles is 1. The van der Waals surface area contributed by atoms with Crippen molar-refractivity contribution in [2.45, 2.75) is 0 Å². The van der Waals surface area contributed by atoms with Gasteiger partial charge >= 0.3 is 0 Å². The number of aromatic amines is 1. The lowest BCUT2D eigenvalue weighted by molar-refractivity contribution is 1.17. The molecule has 0 amide bonds. The number of nitrogens with zero attached hydrogens (tertiary/aromatic N) is 3. The van der Waals surface area contributed by atoms with E-state index in [0.29, 0.717) is 5.56 Å². The van der Waals surface area contributed by atoms with Crippen LogP contribution >= 0.6 is 0 Å². The molecule has 82 valence electrons. The number of fused-ring (bicyclic) bond motifs is 1. The summed E-state index contributed by atoms with van der Waals surface area (Å²) in [5.74, 6) is 0. The first-order valence-corrected chi connectivity index (χ1v) is 5.07. The van der Waals surface area contributed by atoms with Gasteiger partial charge in [-0.15, -0.1) is 0 Å². The Bertz CT molecular complexity index is 596. The molecule has 2 aromatic heterocycles. The monoisotopic (exact) mass is 222 g/mol. The van der Waals surface area contributed by atoms with E-state index >= 15 is 0 Å². The van der Waals surface area contributed by atoms with Crippen LogP contribution in [0.25, 0.3) is 10.9 Å². The van der Waals surface area contributed by atoms with Crippen LogP contribution in [0.3, 0.4) is 0 Å². The van der Waals surface area contributed by atoms with Gasteiger partial charge in [0.1, 0.15) is 6.33 Å². The Balaban J connectivity index is 0.000000153. The first kappa shape index (κ1) is 10.8. The van der Waals surface area contributed by atoms with Crippen molar-refractivity contribution in [1.82, 2.24) is 15.0 Å². The lowest BCUT2D eigenvalue weighted by Crippen LogP contribution is -1.71. The molecule has 0 saturated carbocycles. The third-order valence-corrected chi connectivity index (χ3v) is 2.16. The van der Waals surface area contributed by atoms with Crippen LogP contribution < -0.4 is 0 Å². The first-order chi connectivity index (χ1) is 8.40. The van der Waals surface area contributed by atoms with E-state index in [-0.39, 0.29) is 0 Å². The van der Waals surface area contributed by atoms with Crippen LogP contribution in [0.4, 0.5) is 0 Å². The van der Waals surface area contributed by atoms with Gasteiger partial charge in [0.05, 0.1) is 11.6 Å². The Hall–Kier alpha value is -2.67. The summed E-state index contributed by atoms with van der Waals surface area (Å²) in [6.45, 7) is 0. The Labute approximate surface area is 98.6 Å². The zero-order valence-corrected chi connectivity index (χ0v) is 9.04. The summed E-state index contributed by atoms with van der Waals surface area (Å²) in [4.78, 5) is 10.4. The minimum Gasteiger partial charge on any atom is -0.361 e. The maximum atomic E-state index is 8.57. The zero-order chi connectivity index (χ0) is 11.9. The Morgan fingerprint density at radius 1 is 1.12 bits per heavy atom. The van der Waals surface area contributed by atoms with E-state index < -0.39 is 0 Å². The normalized spacial score (nSPS) is 9.12. The first-order valence-electron chi connectivity index (χ1n) is 5.07. The van der Waals surface area contributed by atoms with Crippen LogP contribution in [0.15, 0.2) is 55.2 Å². The quantitative estimate of drug-likeness (QED) is 0.635. The molecule has 0 spiro atoms. The minimum atomic E-state index is 0.706. The molecule has 2 heterocycles. The molecule has 0 aliphatic heterocycles. The molecule has 4 heteroatoms. The van der Waals surface area contributed by atoms with Crippen molar-refractivity contribution in [2.75, 3.05) is 0 Å². The second-order valence-electron chi connectivity index (χ2n) is 3.30. The van der Waals surface area contributed by atoms with Gasteiger partial charge in [-0.2, -0.15) is 5.26 Å². The topological polar surface area (TPSA) is 65.4 Å². The van der Waals surface area contributed by atoms with E-state index in [0.717, 1.165) is 10.9 Å². The lowest BCUT2D eigenvalue weighted by atomic mass is 10.2. The number of rotatable bonds is 0. The van der Waals surface area contributed by atoms with Gasteiger partial charge in [-0.25, -0.2) is 9.97 Å². The lowest BCUT2D eigenvalue weighted by Gasteiger charge is -1.88. The third kappa shape index (κ3) is 2.89. The highest BCUT2D eigenvalue weighted by molar-refractivity contribution is 5.80. The number of aromatic nitrogens is 3. The van der Waals surface area contributed by atoms with E-state index in [1.165, 1.54) is 6.33 Å². The molecule has 0 aliphatic carbocycles. The van der Waals surface area contributed by atoms with Crippen LogP contribution in [-0.4, -0.2) is 15.0 Å². The van der Waals surface area contributed by atoms with Gasteiger partial charge in [0.2, 0.25) is 0 Å². The molecule has 0 atom stereocenters. The van der Waals surface area contributed by atoms with Crippen LogP contribution in [-0.2, 0) is 0 Å². The summed E-state index contributed by atoms with van der Waals surface area (Å²) in [6.07, 6.45) is 6.74. The van der Waals surface area contributed by atoms with Gasteiger partial charge in [0, 0.05) is 29.5 Å². The van der Waals surface area contributed by atoms with Crippen molar-refractivity contribution in [1.29, 1.82) is 5.26 Å². The number of hydrogen-bond acceptors (Lipinski definition) is 3. The van der Waals surface area contributed by atoms with Gasteiger partial charge in [-0.3, -0.25) is 0 Å². The molecule has 0 fully saturated rings. The molecule has 0 aliphatic rings. The average Bonchev–Trinajstić information content (AvgIpc) is 2.88. The van der Waals surface area contributed by atoms with Crippen molar-refractivity contribution in [3.05, 3.63) is 60.8 Å². The molecule has 3 aromatic rings. The standard InChI is InChI=1S/C9H6N2.C4H4N2/c10-6-7-1-2-9-8(5-7)3-4-11-9;1-2-5-4-6-3-1/h1-5,11H;1-4H. The molecular weight excluding hydrogens is 212 g/mol. The molecule has 4 nitrogen and oxygen atoms in total. The van der Waals surface area contributed by atoms with Crippen LogP contribution in [0.2, 0.25) is 0 Å². The molecule has 17 heavy (non-hydrogen) atoms. The molecule has 0 unspecified atom stereocenters. The third-order valence-electron chi connectivity index (χ3n) is 2.16. The molecule has 1 aromatic carbocycles. The fraction of sp³-hybridized carbons (Fsp3) is 0. The molecule has 0 bridgehead atoms. The summed E-state index contributed by atoms with van der Waals surface area (Å²) in [7, 11) is 0. The fourth-order valence-electron chi connectivity index (χ4n) is 1.38. The van der Waals surface area contributed by atoms with Crippen molar-refractivity contribution in [2.24, 2.45) is 0 Å². The smallest absolute Gasteiger partial charge is 0.115 e. The second kappa shape index (κ2) is 5.42. The van der Waals surface area contributed by atoms with Gasteiger partial charge in [-0.05, 0) is 30.3 Å². The number of hydrogen-bond donors (Lipinski definition) is 1. The Kier molecular flexibility index (Phi) is 3.46. The number of nitrogens with one attached hydrogen (secondary N) is 1. The zero-order valence-electron chi connectivity index (χ0n) is 9.04. The van der Waals surface area contributed by atoms with Crippen LogP contribution in [0.5, 0.6) is 0 Å². The van der Waals surface area contributed by atoms with E-state index in [1.54, 1.807) is 24.5 Å². The van der Waals surface area contributed by atoms with Crippen molar-refractivity contribution >= 4 is 10.9 Å². The van der Waals surface area contributed by atoms with Crippen LogP contribution in [0, 0.1) is 11.3 Å². The average molecular weight is 222 g/mol. The molecule has 0 radical (unpaired) electrons. The maximum Gasteiger partial charge on any atom is 0.115 e. The summed E-state index contributed by atoms with van der Waals surface area (Å²) in [5.41, 5.74) is 1.78. The van der Waals surface area contributed by atoms with Gasteiger partial charge < -0.3 is 4.98 Å². The number of benzene rings is 1. The summed E-state index contributed by atoms with van der Waals surface area (Å²) in [5, 5.41) is 9.66. The second-order valence-corrected chi connectivity index (χ2v) is 3.30. The largest absolute Gasteiger partial charge is 0.361 e. The van der Waals surface area contributed by atoms with Gasteiger partial charge in [-0.1, -0.05) is 0 Å². The maximum absolute atomic E-state index is 8.57. The van der Waals surface area contributed by atoms with Crippen molar-refractivity contribution < 1.29 is 0 Å². The predicted molar refractivity (Wildman–Crippen MR) is 65.0 cm³/mol. The molecular formula is C13H10N4. The Morgan fingerprint density at radius 3 is 2.53 bits per heavy atom. The van der Waals surface area contributed by atoms with Crippen LogP contribution in [0.1, 0.15) is 5.56 Å². The van der Waals surface area contributed by atoms with E-state index in [2.05, 4.69) is 21.0 Å². The minimum absolute atomic E-state index is 0.706. The van der Waals surface area contributed by atoms with E-state index in [1.807, 2.05) is 24.4 Å². The van der Waals surface area contributed by atoms with Crippen molar-refractivity contribution in [3.8, 4) is 6.07 Å². The number of H-pyrrole nitrogens is 1. The summed E-state index contributed by atoms with van der Waals surface area (Å²) >= 11 is 0. The molecule has 0 saturated heterocycles. The van der Waals surface area contributed by atoms with Crippen molar-refractivity contribution in [3.63, 3.8) is 0 Å². The van der Waals surface area contributed by atoms with E-state index in [9.17, 15) is 0 Å². The molecule has 1 N–H and O–H groups in total. The fourth-order valence-corrected chi connectivity index (χ4v) is 1.38. The molecule has 3 rings (SSSR count). The predicted octanol–water partition coefficient (Wildman–Crippen LogP) is 2.52. The van der Waals surface area contributed by atoms with Gasteiger partial charge in [0.25, 0.3) is 0 Å². The SMILES string of the molecule is N#Cc1ccc2[nH]ccc2c1.c1cncnc1. The summed E-state index contributed by atoms with van der Waals surface area (Å²) in [6, 6.07) is 11.4. The highest BCUT2D eigenvalue weighted by atomic mass is 14.8. The Morgan fingerprint density at radius 2 is 1.94 bits per heavy atom.